The molecule has 0 radical (unpaired) electrons. The van der Waals surface area contributed by atoms with Crippen molar-refractivity contribution in [3.63, 3.8) is 0 Å². The van der Waals surface area contributed by atoms with E-state index >= 15 is 0 Å². The molecule has 194 valence electrons. The Bertz CT molecular complexity index is 1270. The number of rotatable bonds is 10. The van der Waals surface area contributed by atoms with Crippen molar-refractivity contribution in [2.45, 2.75) is 56.4 Å². The molecule has 0 aromatic heterocycles. The van der Waals surface area contributed by atoms with Gasteiger partial charge < -0.3 is 19.1 Å². The van der Waals surface area contributed by atoms with Crippen molar-refractivity contribution in [3.8, 4) is 11.5 Å². The largest absolute Gasteiger partial charge is 0.490 e. The monoisotopic (exact) mass is 517 g/mol. The van der Waals surface area contributed by atoms with Crippen LogP contribution in [-0.2, 0) is 9.53 Å². The number of nitrogens with zero attached hydrogens (tertiary/aromatic N) is 1. The standard InChI is InChI=1S/C31H35NO4S/c1-6-31(5,30(33)34-8-3)36-25-16-14-24(15-17-25)35-20-19-22(4)23-13-18-29-27(21-23)32(7-2)26-11-9-10-12-28(26)37-29/h9-19,21H,6-8,20H2,1-5H3. The number of allylic oxidation sites excluding steroid dienone is 1. The van der Waals surface area contributed by atoms with Crippen molar-refractivity contribution in [1.29, 1.82) is 0 Å². The summed E-state index contributed by atoms with van der Waals surface area (Å²) in [7, 11) is 0. The minimum atomic E-state index is -1.01. The lowest BCUT2D eigenvalue weighted by molar-refractivity contribution is -0.160. The fourth-order valence-electron chi connectivity index (χ4n) is 4.20. The third-order valence-corrected chi connectivity index (χ3v) is 7.72. The highest BCUT2D eigenvalue weighted by atomic mass is 32.2. The van der Waals surface area contributed by atoms with E-state index in [0.29, 0.717) is 25.4 Å². The number of carbonyl (C=O) groups excluding carboxylic acids is 1. The quantitative estimate of drug-likeness (QED) is 0.255. The number of ether oxygens (including phenoxy) is 3. The van der Waals surface area contributed by atoms with Crippen LogP contribution in [0.5, 0.6) is 11.5 Å². The van der Waals surface area contributed by atoms with Gasteiger partial charge in [-0.2, -0.15) is 0 Å². The van der Waals surface area contributed by atoms with Gasteiger partial charge in [0.1, 0.15) is 18.1 Å². The highest BCUT2D eigenvalue weighted by Gasteiger charge is 2.35. The molecule has 0 fully saturated rings. The number of para-hydroxylation sites is 1. The number of benzene rings is 3. The van der Waals surface area contributed by atoms with Crippen molar-refractivity contribution in [2.24, 2.45) is 0 Å². The van der Waals surface area contributed by atoms with Gasteiger partial charge in [-0.3, -0.25) is 0 Å². The summed E-state index contributed by atoms with van der Waals surface area (Å²) in [6, 6.07) is 22.6. The molecular formula is C31H35NO4S. The maximum atomic E-state index is 12.3. The number of hydrogen-bond donors (Lipinski definition) is 0. The molecule has 3 aromatic carbocycles. The summed E-state index contributed by atoms with van der Waals surface area (Å²) in [5.74, 6) is 0.984. The minimum absolute atomic E-state index is 0.326. The molecule has 0 spiro atoms. The van der Waals surface area contributed by atoms with Crippen molar-refractivity contribution in [3.05, 3.63) is 78.4 Å². The highest BCUT2D eigenvalue weighted by Crippen LogP contribution is 2.48. The van der Waals surface area contributed by atoms with Crippen LogP contribution in [0.1, 0.15) is 46.6 Å². The van der Waals surface area contributed by atoms with E-state index in [9.17, 15) is 4.79 Å². The number of carbonyl (C=O) groups is 1. The summed E-state index contributed by atoms with van der Waals surface area (Å²) < 4.78 is 17.1. The third-order valence-electron chi connectivity index (χ3n) is 6.59. The molecule has 1 heterocycles. The van der Waals surface area contributed by atoms with Crippen molar-refractivity contribution in [2.75, 3.05) is 24.7 Å². The molecule has 37 heavy (non-hydrogen) atoms. The average molecular weight is 518 g/mol. The number of anilines is 2. The maximum Gasteiger partial charge on any atom is 0.350 e. The summed E-state index contributed by atoms with van der Waals surface area (Å²) in [6.07, 6.45) is 2.61. The Morgan fingerprint density at radius 1 is 0.946 bits per heavy atom. The Balaban J connectivity index is 1.40. The van der Waals surface area contributed by atoms with Crippen LogP contribution in [0.15, 0.2) is 82.6 Å². The van der Waals surface area contributed by atoms with Crippen LogP contribution in [0.25, 0.3) is 5.57 Å². The first-order chi connectivity index (χ1) is 17.9. The van der Waals surface area contributed by atoms with E-state index in [1.54, 1.807) is 13.8 Å². The van der Waals surface area contributed by atoms with E-state index < -0.39 is 5.60 Å². The molecule has 0 N–H and O–H groups in total. The fraction of sp³-hybridized carbons (Fsp3) is 0.323. The first-order valence-corrected chi connectivity index (χ1v) is 13.6. The van der Waals surface area contributed by atoms with Gasteiger partial charge in [0.2, 0.25) is 5.60 Å². The first-order valence-electron chi connectivity index (χ1n) is 12.8. The Hall–Kier alpha value is -3.38. The van der Waals surface area contributed by atoms with Crippen LogP contribution < -0.4 is 14.4 Å². The van der Waals surface area contributed by atoms with E-state index in [1.807, 2.05) is 43.0 Å². The summed E-state index contributed by atoms with van der Waals surface area (Å²) in [5, 5.41) is 0. The maximum absolute atomic E-state index is 12.3. The van der Waals surface area contributed by atoms with Crippen molar-refractivity contribution in [1.82, 2.24) is 0 Å². The van der Waals surface area contributed by atoms with Crippen LogP contribution in [0.4, 0.5) is 11.4 Å². The van der Waals surface area contributed by atoms with Crippen molar-refractivity contribution < 1.29 is 19.0 Å². The lowest BCUT2D eigenvalue weighted by Crippen LogP contribution is -2.42. The van der Waals surface area contributed by atoms with E-state index in [4.69, 9.17) is 14.2 Å². The third kappa shape index (κ3) is 5.96. The molecule has 5 nitrogen and oxygen atoms in total. The molecule has 3 aromatic rings. The zero-order valence-electron chi connectivity index (χ0n) is 22.2. The van der Waals surface area contributed by atoms with Crippen LogP contribution in [0.2, 0.25) is 0 Å². The van der Waals surface area contributed by atoms with E-state index in [1.165, 1.54) is 26.7 Å². The molecule has 1 atom stereocenters. The Labute approximate surface area is 224 Å². The summed E-state index contributed by atoms with van der Waals surface area (Å²) in [5.41, 5.74) is 3.84. The predicted octanol–water partition coefficient (Wildman–Crippen LogP) is 7.90. The fourth-order valence-corrected chi connectivity index (χ4v) is 5.28. The van der Waals surface area contributed by atoms with Gasteiger partial charge in [0.15, 0.2) is 0 Å². The van der Waals surface area contributed by atoms with Gasteiger partial charge in [0.25, 0.3) is 0 Å². The second kappa shape index (κ2) is 11.8. The van der Waals surface area contributed by atoms with E-state index in [0.717, 1.165) is 17.9 Å². The number of fused-ring (bicyclic) bond motifs is 2. The lowest BCUT2D eigenvalue weighted by atomic mass is 10.0. The van der Waals surface area contributed by atoms with Gasteiger partial charge in [-0.25, -0.2) is 4.79 Å². The molecule has 1 unspecified atom stereocenters. The molecule has 0 saturated carbocycles. The lowest BCUT2D eigenvalue weighted by Gasteiger charge is -2.32. The Morgan fingerprint density at radius 3 is 2.35 bits per heavy atom. The molecule has 0 bridgehead atoms. The second-order valence-electron chi connectivity index (χ2n) is 9.07. The van der Waals surface area contributed by atoms with Crippen molar-refractivity contribution >= 4 is 34.7 Å². The first kappa shape index (κ1) is 26.7. The number of esters is 1. The molecular weight excluding hydrogens is 482 g/mol. The zero-order valence-corrected chi connectivity index (χ0v) is 23.1. The average Bonchev–Trinajstić information content (AvgIpc) is 2.92. The predicted molar refractivity (Wildman–Crippen MR) is 151 cm³/mol. The SMILES string of the molecule is CCOC(=O)C(C)(CC)Oc1ccc(OCC=C(C)c2ccc3c(c2)N(CC)c2ccccc2S3)cc1. The van der Waals surface area contributed by atoms with E-state index in [-0.39, 0.29) is 5.97 Å². The zero-order chi connectivity index (χ0) is 26.4. The van der Waals surface area contributed by atoms with Gasteiger partial charge in [0, 0.05) is 16.3 Å². The summed E-state index contributed by atoms with van der Waals surface area (Å²) in [4.78, 5) is 17.2. The minimum Gasteiger partial charge on any atom is -0.490 e. The molecule has 1 aliphatic heterocycles. The molecule has 0 aliphatic carbocycles. The van der Waals surface area contributed by atoms with Gasteiger partial charge in [-0.1, -0.05) is 36.9 Å². The van der Waals surface area contributed by atoms with Crippen LogP contribution in [0.3, 0.4) is 0 Å². The molecule has 0 saturated heterocycles. The smallest absolute Gasteiger partial charge is 0.350 e. The highest BCUT2D eigenvalue weighted by molar-refractivity contribution is 7.99. The van der Waals surface area contributed by atoms with Gasteiger partial charge in [0.05, 0.1) is 18.0 Å². The van der Waals surface area contributed by atoms with Crippen LogP contribution in [-0.4, -0.2) is 31.3 Å². The molecule has 1 aliphatic rings. The van der Waals surface area contributed by atoms with Gasteiger partial charge >= 0.3 is 5.97 Å². The normalized spacial score (nSPS) is 14.3. The van der Waals surface area contributed by atoms with E-state index in [2.05, 4.69) is 67.3 Å². The topological polar surface area (TPSA) is 48.0 Å². The number of hydrogen-bond acceptors (Lipinski definition) is 6. The Kier molecular flexibility index (Phi) is 8.49. The molecule has 4 rings (SSSR count). The summed E-state index contributed by atoms with van der Waals surface area (Å²) >= 11 is 1.83. The second-order valence-corrected chi connectivity index (χ2v) is 10.2. The van der Waals surface area contributed by atoms with Gasteiger partial charge in [-0.15, -0.1) is 0 Å². The molecule has 6 heteroatoms. The molecule has 0 amide bonds. The van der Waals surface area contributed by atoms with Crippen LogP contribution >= 0.6 is 11.8 Å². The summed E-state index contributed by atoms with van der Waals surface area (Å²) in [6.45, 7) is 11.4. The van der Waals surface area contributed by atoms with Gasteiger partial charge in [-0.05, 0) is 99.9 Å². The Morgan fingerprint density at radius 2 is 1.65 bits per heavy atom. The van der Waals surface area contributed by atoms with Crippen LogP contribution in [0, 0.1) is 0 Å².